The summed E-state index contributed by atoms with van der Waals surface area (Å²) in [5.74, 6) is -0.878. The van der Waals surface area contributed by atoms with Crippen molar-refractivity contribution >= 4 is 17.5 Å². The molecule has 1 aliphatic rings. The van der Waals surface area contributed by atoms with Crippen molar-refractivity contribution in [2.75, 3.05) is 12.0 Å². The first-order chi connectivity index (χ1) is 8.47. The highest BCUT2D eigenvalue weighted by Crippen LogP contribution is 2.35. The van der Waals surface area contributed by atoms with Crippen LogP contribution in [0.2, 0.25) is 0 Å². The summed E-state index contributed by atoms with van der Waals surface area (Å²) in [5.41, 5.74) is 0.427. The van der Waals surface area contributed by atoms with Gasteiger partial charge in [0.1, 0.15) is 0 Å². The van der Waals surface area contributed by atoms with Crippen molar-refractivity contribution in [2.45, 2.75) is 13.8 Å². The molecule has 96 valence electrons. The minimum absolute atomic E-state index is 0.0264. The van der Waals surface area contributed by atoms with Gasteiger partial charge in [-0.15, -0.1) is 0 Å². The third-order valence-electron chi connectivity index (χ3n) is 3.39. The summed E-state index contributed by atoms with van der Waals surface area (Å²) in [6.07, 6.45) is 0. The van der Waals surface area contributed by atoms with Gasteiger partial charge in [0, 0.05) is 17.9 Å². The molecule has 1 aliphatic heterocycles. The van der Waals surface area contributed by atoms with Gasteiger partial charge >= 0.3 is 0 Å². The van der Waals surface area contributed by atoms with Crippen molar-refractivity contribution in [3.05, 3.63) is 18.2 Å². The average Bonchev–Trinajstić information content (AvgIpc) is 2.55. The van der Waals surface area contributed by atoms with E-state index in [0.717, 1.165) is 4.90 Å². The maximum absolute atomic E-state index is 12.0. The molecule has 0 bridgehead atoms. The summed E-state index contributed by atoms with van der Waals surface area (Å²) >= 11 is 0. The maximum atomic E-state index is 12.0. The van der Waals surface area contributed by atoms with Crippen LogP contribution in [-0.2, 0) is 9.59 Å². The van der Waals surface area contributed by atoms with Crippen LogP contribution in [0.4, 0.5) is 5.69 Å². The summed E-state index contributed by atoms with van der Waals surface area (Å²) in [6, 6.07) is 4.41. The van der Waals surface area contributed by atoms with E-state index in [2.05, 4.69) is 0 Å². The second kappa shape index (κ2) is 4.33. The van der Waals surface area contributed by atoms with Crippen molar-refractivity contribution in [1.82, 2.24) is 0 Å². The first kappa shape index (κ1) is 12.4. The largest absolute Gasteiger partial charge is 0.504 e. The number of imide groups is 1. The van der Waals surface area contributed by atoms with Gasteiger partial charge < -0.3 is 9.84 Å². The van der Waals surface area contributed by atoms with Gasteiger partial charge in [0.05, 0.1) is 12.8 Å². The summed E-state index contributed by atoms with van der Waals surface area (Å²) in [4.78, 5) is 25.2. The number of benzene rings is 1. The normalized spacial score (nSPS) is 23.6. The summed E-state index contributed by atoms with van der Waals surface area (Å²) in [6.45, 7) is 3.48. The Morgan fingerprint density at radius 2 is 1.72 bits per heavy atom. The van der Waals surface area contributed by atoms with Crippen LogP contribution in [0.5, 0.6) is 11.5 Å². The molecule has 1 N–H and O–H groups in total. The number of amides is 2. The highest BCUT2D eigenvalue weighted by Gasteiger charge is 2.43. The topological polar surface area (TPSA) is 66.8 Å². The van der Waals surface area contributed by atoms with E-state index < -0.39 is 0 Å². The van der Waals surface area contributed by atoms with Crippen LogP contribution < -0.4 is 9.64 Å². The number of phenols is 1. The molecule has 2 atom stereocenters. The predicted molar refractivity (Wildman–Crippen MR) is 65.5 cm³/mol. The lowest BCUT2D eigenvalue weighted by Gasteiger charge is -2.15. The van der Waals surface area contributed by atoms with E-state index in [4.69, 9.17) is 4.74 Å². The monoisotopic (exact) mass is 249 g/mol. The zero-order valence-corrected chi connectivity index (χ0v) is 10.5. The van der Waals surface area contributed by atoms with Crippen molar-refractivity contribution in [3.63, 3.8) is 0 Å². The lowest BCUT2D eigenvalue weighted by atomic mass is 10.00. The Balaban J connectivity index is 2.43. The number of hydrogen-bond donors (Lipinski definition) is 1. The van der Waals surface area contributed by atoms with Gasteiger partial charge in [0.2, 0.25) is 11.8 Å². The predicted octanol–water partition coefficient (Wildman–Crippen LogP) is 1.55. The SMILES string of the molecule is COc1cc(N2C(=O)C(C)C(C)C2=O)ccc1O. The molecule has 0 aliphatic carbocycles. The number of carbonyl (C=O) groups excluding carboxylic acids is 2. The third kappa shape index (κ3) is 1.72. The molecule has 18 heavy (non-hydrogen) atoms. The second-order valence-electron chi connectivity index (χ2n) is 4.45. The Labute approximate surface area is 105 Å². The number of methoxy groups -OCH3 is 1. The second-order valence-corrected chi connectivity index (χ2v) is 4.45. The molecule has 1 saturated heterocycles. The number of nitrogens with zero attached hydrogens (tertiary/aromatic N) is 1. The van der Waals surface area contributed by atoms with Gasteiger partial charge in [-0.05, 0) is 12.1 Å². The van der Waals surface area contributed by atoms with E-state index in [-0.39, 0.29) is 35.1 Å². The minimum atomic E-state index is -0.322. The number of anilines is 1. The van der Waals surface area contributed by atoms with E-state index in [0.29, 0.717) is 5.69 Å². The number of ether oxygens (including phenoxy) is 1. The Morgan fingerprint density at radius 3 is 2.22 bits per heavy atom. The number of phenolic OH excluding ortho intramolecular Hbond substituents is 1. The van der Waals surface area contributed by atoms with Crippen LogP contribution in [0.25, 0.3) is 0 Å². The lowest BCUT2D eigenvalue weighted by Crippen LogP contribution is -2.30. The van der Waals surface area contributed by atoms with Gasteiger partial charge in [0.15, 0.2) is 11.5 Å². The van der Waals surface area contributed by atoms with Crippen molar-refractivity contribution < 1.29 is 19.4 Å². The standard InChI is InChI=1S/C13H15NO4/c1-7-8(2)13(17)14(12(7)16)9-4-5-10(15)11(6-9)18-3/h4-8,15H,1-3H3. The number of carbonyl (C=O) groups is 2. The summed E-state index contributed by atoms with van der Waals surface area (Å²) in [7, 11) is 1.41. The first-order valence-corrected chi connectivity index (χ1v) is 5.72. The molecule has 2 unspecified atom stereocenters. The zero-order valence-electron chi connectivity index (χ0n) is 10.5. The Hall–Kier alpha value is -2.04. The fourth-order valence-corrected chi connectivity index (χ4v) is 2.00. The third-order valence-corrected chi connectivity index (χ3v) is 3.39. The van der Waals surface area contributed by atoms with Gasteiger partial charge in [-0.3, -0.25) is 9.59 Å². The lowest BCUT2D eigenvalue weighted by molar-refractivity contribution is -0.122. The first-order valence-electron chi connectivity index (χ1n) is 5.72. The Kier molecular flexibility index (Phi) is 2.98. The molecule has 5 heteroatoms. The van der Waals surface area contributed by atoms with Crippen LogP contribution >= 0.6 is 0 Å². The molecular formula is C13H15NO4. The molecule has 1 heterocycles. The molecule has 1 fully saturated rings. The Bertz CT molecular complexity index is 492. The van der Waals surface area contributed by atoms with Crippen LogP contribution in [0.3, 0.4) is 0 Å². The van der Waals surface area contributed by atoms with Crippen molar-refractivity contribution in [1.29, 1.82) is 0 Å². The fraction of sp³-hybridized carbons (Fsp3) is 0.385. The van der Waals surface area contributed by atoms with E-state index in [1.54, 1.807) is 13.8 Å². The molecule has 0 spiro atoms. The highest BCUT2D eigenvalue weighted by molar-refractivity contribution is 6.21. The smallest absolute Gasteiger partial charge is 0.237 e. The highest BCUT2D eigenvalue weighted by atomic mass is 16.5. The van der Waals surface area contributed by atoms with Crippen LogP contribution in [0.1, 0.15) is 13.8 Å². The molecule has 0 aromatic heterocycles. The van der Waals surface area contributed by atoms with Crippen molar-refractivity contribution in [2.24, 2.45) is 11.8 Å². The minimum Gasteiger partial charge on any atom is -0.504 e. The van der Waals surface area contributed by atoms with E-state index in [1.165, 1.54) is 25.3 Å². The Morgan fingerprint density at radius 1 is 1.17 bits per heavy atom. The van der Waals surface area contributed by atoms with Gasteiger partial charge in [-0.25, -0.2) is 4.90 Å². The van der Waals surface area contributed by atoms with Crippen LogP contribution in [0, 0.1) is 11.8 Å². The van der Waals surface area contributed by atoms with E-state index >= 15 is 0 Å². The van der Waals surface area contributed by atoms with E-state index in [9.17, 15) is 14.7 Å². The summed E-state index contributed by atoms with van der Waals surface area (Å²) < 4.78 is 4.97. The van der Waals surface area contributed by atoms with Gasteiger partial charge in [-0.1, -0.05) is 13.8 Å². The number of aromatic hydroxyl groups is 1. The van der Waals surface area contributed by atoms with Crippen LogP contribution in [-0.4, -0.2) is 24.0 Å². The average molecular weight is 249 g/mol. The number of rotatable bonds is 2. The van der Waals surface area contributed by atoms with Crippen LogP contribution in [0.15, 0.2) is 18.2 Å². The molecule has 2 rings (SSSR count). The van der Waals surface area contributed by atoms with Gasteiger partial charge in [0.25, 0.3) is 0 Å². The number of hydrogen-bond acceptors (Lipinski definition) is 4. The quantitative estimate of drug-likeness (QED) is 0.807. The zero-order chi connectivity index (χ0) is 13.4. The molecule has 2 amide bonds. The molecule has 1 aromatic carbocycles. The molecule has 5 nitrogen and oxygen atoms in total. The molecule has 0 saturated carbocycles. The van der Waals surface area contributed by atoms with Gasteiger partial charge in [-0.2, -0.15) is 0 Å². The maximum Gasteiger partial charge on any atom is 0.237 e. The molecular weight excluding hydrogens is 234 g/mol. The summed E-state index contributed by atoms with van der Waals surface area (Å²) in [5, 5.41) is 9.50. The van der Waals surface area contributed by atoms with Crippen molar-refractivity contribution in [3.8, 4) is 11.5 Å². The molecule has 1 aromatic rings. The molecule has 0 radical (unpaired) electrons. The fourth-order valence-electron chi connectivity index (χ4n) is 2.00. The van der Waals surface area contributed by atoms with E-state index in [1.807, 2.05) is 0 Å².